The highest BCUT2D eigenvalue weighted by Crippen LogP contribution is 2.24. The third-order valence-electron chi connectivity index (χ3n) is 3.38. The molecular weight excluding hydrogens is 299 g/mol. The van der Waals surface area contributed by atoms with Crippen LogP contribution in [-0.2, 0) is 6.54 Å². The number of nitrogens with zero attached hydrogens (tertiary/aromatic N) is 1. The van der Waals surface area contributed by atoms with Gasteiger partial charge in [-0.2, -0.15) is 0 Å². The molecule has 1 unspecified atom stereocenters. The number of benzene rings is 1. The first-order valence-corrected chi connectivity index (χ1v) is 5.24. The van der Waals surface area contributed by atoms with Crippen molar-refractivity contribution < 1.29 is 28.5 Å². The molecule has 0 radical (unpaired) electrons. The molecule has 1 aromatic carbocycles. The van der Waals surface area contributed by atoms with Crippen LogP contribution in [0.1, 0.15) is 12.5 Å². The van der Waals surface area contributed by atoms with Crippen LogP contribution in [0.4, 0.5) is 5.69 Å². The molecule has 0 spiro atoms. The van der Waals surface area contributed by atoms with Gasteiger partial charge >= 0.3 is 0 Å². The van der Waals surface area contributed by atoms with Crippen LogP contribution in [0.25, 0.3) is 0 Å². The van der Waals surface area contributed by atoms with Crippen LogP contribution in [0.15, 0.2) is 24.3 Å². The fraction of sp³-hybridized carbons (Fsp3) is 0.500. The van der Waals surface area contributed by atoms with E-state index in [4.69, 9.17) is 0 Å². The number of fused-ring (bicyclic) bond motifs is 1. The van der Waals surface area contributed by atoms with E-state index < -0.39 is 0 Å². The molecule has 84 valence electrons. The van der Waals surface area contributed by atoms with Crippen LogP contribution < -0.4 is 29.3 Å². The van der Waals surface area contributed by atoms with E-state index in [2.05, 4.69) is 50.6 Å². The molecule has 2 rings (SSSR count). The second-order valence-electron chi connectivity index (χ2n) is 4.82. The van der Waals surface area contributed by atoms with Crippen molar-refractivity contribution in [3.63, 3.8) is 0 Å². The number of anilines is 1. The first-order valence-electron chi connectivity index (χ1n) is 5.24. The summed E-state index contributed by atoms with van der Waals surface area (Å²) in [4.78, 5) is 0. The normalized spacial score (nSPS) is 23.0. The average Bonchev–Trinajstić information content (AvgIpc) is 2.25. The minimum absolute atomic E-state index is 0. The predicted molar refractivity (Wildman–Crippen MR) is 60.2 cm³/mol. The van der Waals surface area contributed by atoms with E-state index in [1.54, 1.807) is 0 Å². The monoisotopic (exact) mass is 318 g/mol. The van der Waals surface area contributed by atoms with Crippen LogP contribution in [-0.4, -0.2) is 31.2 Å². The van der Waals surface area contributed by atoms with Gasteiger partial charge in [0.05, 0.1) is 20.6 Å². The van der Waals surface area contributed by atoms with Gasteiger partial charge in [0.25, 0.3) is 0 Å². The maximum absolute atomic E-state index is 3.51. The minimum atomic E-state index is 0. The first-order chi connectivity index (χ1) is 6.59. The molecule has 0 saturated carbocycles. The Hall–Kier alpha value is -0.290. The summed E-state index contributed by atoms with van der Waals surface area (Å²) in [7, 11) is 4.60. The lowest BCUT2D eigenvalue weighted by Crippen LogP contribution is -3.00. The van der Waals surface area contributed by atoms with E-state index in [1.165, 1.54) is 11.3 Å². The molecule has 1 aromatic rings. The van der Waals surface area contributed by atoms with Gasteiger partial charge in [0.1, 0.15) is 12.6 Å². The van der Waals surface area contributed by atoms with Crippen molar-refractivity contribution in [3.8, 4) is 0 Å². The van der Waals surface area contributed by atoms with E-state index >= 15 is 0 Å². The Bertz CT molecular complexity index is 336. The number of halogens is 1. The van der Waals surface area contributed by atoms with Crippen molar-refractivity contribution in [1.82, 2.24) is 0 Å². The third-order valence-corrected chi connectivity index (χ3v) is 3.38. The SMILES string of the molecule is CC1CNc2ccccc2C[N+]1(C)C.[I-]. The van der Waals surface area contributed by atoms with Crippen molar-refractivity contribution in [2.24, 2.45) is 0 Å². The summed E-state index contributed by atoms with van der Waals surface area (Å²) in [6.45, 7) is 4.48. The van der Waals surface area contributed by atoms with E-state index in [1.807, 2.05) is 0 Å². The van der Waals surface area contributed by atoms with Gasteiger partial charge in [-0.3, -0.25) is 0 Å². The molecule has 0 amide bonds. The Kier molecular flexibility index (Phi) is 4.00. The number of likely N-dealkylation sites (N-methyl/N-ethyl adjacent to an activating group) is 1. The van der Waals surface area contributed by atoms with Crippen molar-refractivity contribution in [3.05, 3.63) is 29.8 Å². The molecule has 1 N–H and O–H groups in total. The van der Waals surface area contributed by atoms with Crippen molar-refractivity contribution >= 4 is 5.69 Å². The highest BCUT2D eigenvalue weighted by molar-refractivity contribution is 5.51. The molecule has 1 aliphatic heterocycles. The van der Waals surface area contributed by atoms with Crippen LogP contribution in [0.3, 0.4) is 0 Å². The molecule has 0 aromatic heterocycles. The number of para-hydroxylation sites is 1. The second kappa shape index (κ2) is 4.70. The lowest BCUT2D eigenvalue weighted by molar-refractivity contribution is -0.923. The summed E-state index contributed by atoms with van der Waals surface area (Å²) in [5.41, 5.74) is 2.74. The minimum Gasteiger partial charge on any atom is -1.00 e. The third kappa shape index (κ3) is 2.64. The standard InChI is InChI=1S/C12H19N2.HI/c1-10-8-13-12-7-5-4-6-11(12)9-14(10,2)3;/h4-7,10,13H,8-9H2,1-3H3;1H/q+1;/p-1. The summed E-state index contributed by atoms with van der Waals surface area (Å²) in [6.07, 6.45) is 0. The average molecular weight is 318 g/mol. The van der Waals surface area contributed by atoms with Crippen molar-refractivity contribution in [2.75, 3.05) is 26.0 Å². The molecular formula is C12H19IN2. The smallest absolute Gasteiger partial charge is 0.106 e. The molecule has 0 bridgehead atoms. The maximum Gasteiger partial charge on any atom is 0.106 e. The number of hydrogen-bond acceptors (Lipinski definition) is 1. The number of nitrogens with one attached hydrogen (secondary N) is 1. The summed E-state index contributed by atoms with van der Waals surface area (Å²) < 4.78 is 1.06. The fourth-order valence-electron chi connectivity index (χ4n) is 1.93. The molecule has 0 aliphatic carbocycles. The summed E-state index contributed by atoms with van der Waals surface area (Å²) in [6, 6.07) is 9.27. The lowest BCUT2D eigenvalue weighted by atomic mass is 10.1. The molecule has 1 aliphatic rings. The quantitative estimate of drug-likeness (QED) is 0.482. The zero-order valence-corrected chi connectivity index (χ0v) is 11.8. The van der Waals surface area contributed by atoms with E-state index in [9.17, 15) is 0 Å². The Morgan fingerprint density at radius 1 is 1.27 bits per heavy atom. The van der Waals surface area contributed by atoms with Gasteiger partial charge in [-0.05, 0) is 13.0 Å². The molecule has 15 heavy (non-hydrogen) atoms. The van der Waals surface area contributed by atoms with Gasteiger partial charge in [-0.1, -0.05) is 18.2 Å². The van der Waals surface area contributed by atoms with Crippen molar-refractivity contribution in [2.45, 2.75) is 19.5 Å². The zero-order valence-electron chi connectivity index (χ0n) is 9.63. The summed E-state index contributed by atoms with van der Waals surface area (Å²) in [5, 5.41) is 3.51. The van der Waals surface area contributed by atoms with E-state index in [0.29, 0.717) is 6.04 Å². The molecule has 2 nitrogen and oxygen atoms in total. The Balaban J connectivity index is 0.00000112. The van der Waals surface area contributed by atoms with Gasteiger partial charge in [0.15, 0.2) is 0 Å². The van der Waals surface area contributed by atoms with Crippen LogP contribution >= 0.6 is 0 Å². The fourth-order valence-corrected chi connectivity index (χ4v) is 1.93. The first kappa shape index (κ1) is 12.8. The summed E-state index contributed by atoms with van der Waals surface area (Å²) >= 11 is 0. The topological polar surface area (TPSA) is 12.0 Å². The van der Waals surface area contributed by atoms with Gasteiger partial charge in [-0.15, -0.1) is 0 Å². The van der Waals surface area contributed by atoms with Crippen LogP contribution in [0.5, 0.6) is 0 Å². The molecule has 0 fully saturated rings. The second-order valence-corrected chi connectivity index (χ2v) is 4.82. The van der Waals surface area contributed by atoms with Crippen molar-refractivity contribution in [1.29, 1.82) is 0 Å². The Morgan fingerprint density at radius 2 is 1.93 bits per heavy atom. The largest absolute Gasteiger partial charge is 1.00 e. The Labute approximate surface area is 109 Å². The molecule has 1 heterocycles. The highest BCUT2D eigenvalue weighted by Gasteiger charge is 2.28. The number of quaternary nitrogens is 1. The molecule has 3 heteroatoms. The van der Waals surface area contributed by atoms with Gasteiger partial charge in [0, 0.05) is 11.3 Å². The Morgan fingerprint density at radius 3 is 2.67 bits per heavy atom. The maximum atomic E-state index is 3.51. The van der Waals surface area contributed by atoms with Gasteiger partial charge < -0.3 is 33.8 Å². The lowest BCUT2D eigenvalue weighted by Gasteiger charge is -2.34. The van der Waals surface area contributed by atoms with E-state index in [-0.39, 0.29) is 24.0 Å². The van der Waals surface area contributed by atoms with Gasteiger partial charge in [0.2, 0.25) is 0 Å². The summed E-state index contributed by atoms with van der Waals surface area (Å²) in [5.74, 6) is 0. The van der Waals surface area contributed by atoms with Crippen LogP contribution in [0, 0.1) is 0 Å². The molecule has 1 atom stereocenters. The van der Waals surface area contributed by atoms with Crippen LogP contribution in [0.2, 0.25) is 0 Å². The predicted octanol–water partition coefficient (Wildman–Crippen LogP) is -0.919. The zero-order chi connectivity index (χ0) is 10.2. The molecule has 0 saturated heterocycles. The van der Waals surface area contributed by atoms with E-state index in [0.717, 1.165) is 17.6 Å². The van der Waals surface area contributed by atoms with Gasteiger partial charge in [-0.25, -0.2) is 0 Å². The number of hydrogen-bond donors (Lipinski definition) is 1. The highest BCUT2D eigenvalue weighted by atomic mass is 127. The number of rotatable bonds is 0.